The summed E-state index contributed by atoms with van der Waals surface area (Å²) in [4.78, 5) is 29.8. The Balaban J connectivity index is 1.71. The lowest BCUT2D eigenvalue weighted by Gasteiger charge is -2.07. The number of carbonyl (C=O) groups is 1. The number of hydrogen-bond acceptors (Lipinski definition) is 5. The van der Waals surface area contributed by atoms with Gasteiger partial charge in [0.25, 0.3) is 5.91 Å². The van der Waals surface area contributed by atoms with Crippen LogP contribution in [0.5, 0.6) is 0 Å². The van der Waals surface area contributed by atoms with E-state index in [1.807, 2.05) is 37.3 Å². The SMILES string of the molecule is Cc1cc2ccccc2nc1C(=O)NCCc1noc(=O)[nH]1. The van der Waals surface area contributed by atoms with Gasteiger partial charge in [-0.3, -0.25) is 14.3 Å². The molecule has 2 heterocycles. The third-order valence-corrected chi connectivity index (χ3v) is 3.26. The van der Waals surface area contributed by atoms with Crippen molar-refractivity contribution < 1.29 is 9.32 Å². The second-order valence-corrected chi connectivity index (χ2v) is 4.89. The minimum absolute atomic E-state index is 0.255. The fourth-order valence-corrected chi connectivity index (χ4v) is 2.20. The van der Waals surface area contributed by atoms with Gasteiger partial charge in [-0.2, -0.15) is 0 Å². The quantitative estimate of drug-likeness (QED) is 0.753. The first-order valence-corrected chi connectivity index (χ1v) is 6.83. The standard InChI is InChI=1S/C15H14N4O3/c1-9-8-10-4-2-3-5-11(10)17-13(9)14(20)16-7-6-12-18-15(21)22-19-12/h2-5,8H,6-7H2,1H3,(H,16,20)(H,18,19,21). The normalized spacial score (nSPS) is 10.8. The zero-order valence-corrected chi connectivity index (χ0v) is 11.9. The summed E-state index contributed by atoms with van der Waals surface area (Å²) in [6.07, 6.45) is 0.379. The molecule has 3 aromatic rings. The number of amides is 1. The second-order valence-electron chi connectivity index (χ2n) is 4.89. The van der Waals surface area contributed by atoms with Crippen molar-refractivity contribution >= 4 is 16.8 Å². The minimum atomic E-state index is -0.603. The maximum absolute atomic E-state index is 12.2. The maximum Gasteiger partial charge on any atom is 0.438 e. The first-order chi connectivity index (χ1) is 10.6. The summed E-state index contributed by atoms with van der Waals surface area (Å²) >= 11 is 0. The van der Waals surface area contributed by atoms with Crippen LogP contribution in [0.3, 0.4) is 0 Å². The number of aromatic nitrogens is 3. The lowest BCUT2D eigenvalue weighted by atomic mass is 10.1. The highest BCUT2D eigenvalue weighted by molar-refractivity contribution is 5.96. The van der Waals surface area contributed by atoms with Gasteiger partial charge < -0.3 is 5.32 Å². The molecule has 2 N–H and O–H groups in total. The highest BCUT2D eigenvalue weighted by Gasteiger charge is 2.12. The number of hydrogen-bond donors (Lipinski definition) is 2. The van der Waals surface area contributed by atoms with Crippen molar-refractivity contribution in [1.29, 1.82) is 0 Å². The number of nitrogens with zero attached hydrogens (tertiary/aromatic N) is 2. The summed E-state index contributed by atoms with van der Waals surface area (Å²) < 4.78 is 4.39. The molecule has 7 nitrogen and oxygen atoms in total. The van der Waals surface area contributed by atoms with Crippen LogP contribution in [-0.4, -0.2) is 27.6 Å². The van der Waals surface area contributed by atoms with Crippen molar-refractivity contribution in [2.24, 2.45) is 0 Å². The summed E-state index contributed by atoms with van der Waals surface area (Å²) in [7, 11) is 0. The number of aryl methyl sites for hydroxylation is 1. The van der Waals surface area contributed by atoms with E-state index in [0.717, 1.165) is 16.5 Å². The van der Waals surface area contributed by atoms with Gasteiger partial charge in [-0.25, -0.2) is 9.78 Å². The van der Waals surface area contributed by atoms with E-state index >= 15 is 0 Å². The van der Waals surface area contributed by atoms with Crippen LogP contribution in [0.15, 0.2) is 39.6 Å². The van der Waals surface area contributed by atoms with Gasteiger partial charge in [0.05, 0.1) is 5.52 Å². The number of pyridine rings is 1. The molecule has 0 saturated carbocycles. The molecule has 112 valence electrons. The van der Waals surface area contributed by atoms with Gasteiger partial charge in [-0.1, -0.05) is 23.4 Å². The minimum Gasteiger partial charge on any atom is -0.350 e. The lowest BCUT2D eigenvalue weighted by Crippen LogP contribution is -2.27. The molecule has 1 aromatic carbocycles. The number of rotatable bonds is 4. The van der Waals surface area contributed by atoms with Gasteiger partial charge in [-0.05, 0) is 24.6 Å². The Morgan fingerprint density at radius 3 is 2.95 bits per heavy atom. The average molecular weight is 298 g/mol. The molecule has 0 saturated heterocycles. The van der Waals surface area contributed by atoms with Crippen molar-refractivity contribution in [1.82, 2.24) is 20.4 Å². The van der Waals surface area contributed by atoms with Gasteiger partial charge in [0.1, 0.15) is 5.69 Å². The molecule has 0 aliphatic carbocycles. The fourth-order valence-electron chi connectivity index (χ4n) is 2.20. The van der Waals surface area contributed by atoms with Crippen molar-refractivity contribution in [3.8, 4) is 0 Å². The molecule has 0 unspecified atom stereocenters. The molecule has 7 heteroatoms. The number of fused-ring (bicyclic) bond motifs is 1. The molecule has 0 fully saturated rings. The van der Waals surface area contributed by atoms with Gasteiger partial charge in [0.2, 0.25) is 0 Å². The molecule has 22 heavy (non-hydrogen) atoms. The smallest absolute Gasteiger partial charge is 0.350 e. The number of nitrogens with one attached hydrogen (secondary N) is 2. The molecular weight excluding hydrogens is 284 g/mol. The van der Waals surface area contributed by atoms with Crippen LogP contribution in [0.2, 0.25) is 0 Å². The van der Waals surface area contributed by atoms with E-state index < -0.39 is 5.76 Å². The zero-order chi connectivity index (χ0) is 15.5. The Bertz CT molecular complexity index is 882. The second kappa shape index (κ2) is 5.80. The zero-order valence-electron chi connectivity index (χ0n) is 11.9. The predicted molar refractivity (Wildman–Crippen MR) is 79.6 cm³/mol. The summed E-state index contributed by atoms with van der Waals surface area (Å²) in [6, 6.07) is 9.57. The van der Waals surface area contributed by atoms with Crippen LogP contribution in [0.4, 0.5) is 0 Å². The van der Waals surface area contributed by atoms with Gasteiger partial charge in [0, 0.05) is 18.4 Å². The number of benzene rings is 1. The molecule has 0 aliphatic heterocycles. The van der Waals surface area contributed by atoms with E-state index in [-0.39, 0.29) is 5.91 Å². The lowest BCUT2D eigenvalue weighted by molar-refractivity contribution is 0.0948. The molecule has 0 spiro atoms. The third kappa shape index (κ3) is 2.88. The van der Waals surface area contributed by atoms with E-state index in [0.29, 0.717) is 24.5 Å². The first-order valence-electron chi connectivity index (χ1n) is 6.83. The Kier molecular flexibility index (Phi) is 3.69. The van der Waals surface area contributed by atoms with E-state index in [1.54, 1.807) is 0 Å². The van der Waals surface area contributed by atoms with Gasteiger partial charge in [-0.15, -0.1) is 0 Å². The van der Waals surface area contributed by atoms with Crippen molar-refractivity contribution in [2.75, 3.05) is 6.54 Å². The van der Waals surface area contributed by atoms with Crippen molar-refractivity contribution in [3.05, 3.63) is 58.0 Å². The molecule has 0 atom stereocenters. The monoisotopic (exact) mass is 298 g/mol. The Hall–Kier alpha value is -2.96. The summed E-state index contributed by atoms with van der Waals surface area (Å²) in [5.74, 6) is -0.462. The molecular formula is C15H14N4O3. The molecule has 0 aliphatic rings. The highest BCUT2D eigenvalue weighted by Crippen LogP contribution is 2.15. The predicted octanol–water partition coefficient (Wildman–Crippen LogP) is 1.19. The van der Waals surface area contributed by atoms with Crippen LogP contribution < -0.4 is 11.1 Å². The molecule has 3 rings (SSSR count). The molecule has 2 aromatic heterocycles. The van der Waals surface area contributed by atoms with E-state index in [4.69, 9.17) is 0 Å². The largest absolute Gasteiger partial charge is 0.438 e. The Morgan fingerprint density at radius 2 is 2.18 bits per heavy atom. The molecule has 1 amide bonds. The molecule has 0 radical (unpaired) electrons. The summed E-state index contributed by atoms with van der Waals surface area (Å²) in [5, 5.41) is 7.29. The van der Waals surface area contributed by atoms with Crippen LogP contribution in [0, 0.1) is 6.92 Å². The number of para-hydroxylation sites is 1. The maximum atomic E-state index is 12.2. The molecule has 0 bridgehead atoms. The van der Waals surface area contributed by atoms with Crippen molar-refractivity contribution in [2.45, 2.75) is 13.3 Å². The van der Waals surface area contributed by atoms with Crippen LogP contribution in [0.1, 0.15) is 21.9 Å². The highest BCUT2D eigenvalue weighted by atomic mass is 16.5. The summed E-state index contributed by atoms with van der Waals surface area (Å²) in [5.41, 5.74) is 1.98. The van der Waals surface area contributed by atoms with E-state index in [1.165, 1.54) is 0 Å². The van der Waals surface area contributed by atoms with Crippen molar-refractivity contribution in [3.63, 3.8) is 0 Å². The Morgan fingerprint density at radius 1 is 1.36 bits per heavy atom. The average Bonchev–Trinajstić information content (AvgIpc) is 2.92. The number of carbonyl (C=O) groups excluding carboxylic acids is 1. The number of H-pyrrole nitrogens is 1. The summed E-state index contributed by atoms with van der Waals surface area (Å²) in [6.45, 7) is 2.18. The first kappa shape index (κ1) is 14.0. The topological polar surface area (TPSA) is 101 Å². The van der Waals surface area contributed by atoms with Gasteiger partial charge in [0.15, 0.2) is 5.82 Å². The van der Waals surface area contributed by atoms with E-state index in [9.17, 15) is 9.59 Å². The van der Waals surface area contributed by atoms with Crippen LogP contribution >= 0.6 is 0 Å². The Labute approximate surface area is 125 Å². The van der Waals surface area contributed by atoms with Crippen LogP contribution in [0.25, 0.3) is 10.9 Å². The number of aromatic amines is 1. The van der Waals surface area contributed by atoms with E-state index in [2.05, 4.69) is 25.0 Å². The third-order valence-electron chi connectivity index (χ3n) is 3.26. The van der Waals surface area contributed by atoms with Crippen LogP contribution in [-0.2, 0) is 6.42 Å². The fraction of sp³-hybridized carbons (Fsp3) is 0.200. The van der Waals surface area contributed by atoms with Gasteiger partial charge >= 0.3 is 5.76 Å².